The van der Waals surface area contributed by atoms with Gasteiger partial charge in [-0.2, -0.15) is 0 Å². The molecule has 0 saturated heterocycles. The molecule has 5 heteroatoms. The molecule has 0 amide bonds. The van der Waals surface area contributed by atoms with Crippen molar-refractivity contribution in [2.45, 2.75) is 13.8 Å². The third-order valence-electron chi connectivity index (χ3n) is 2.18. The highest BCUT2D eigenvalue weighted by atomic mass is 79.9. The molecule has 2 N–H and O–H groups in total. The summed E-state index contributed by atoms with van der Waals surface area (Å²) in [5.41, 5.74) is 0.390. The zero-order chi connectivity index (χ0) is 12.3. The SMILES string of the molecule is CC(C)(CO)CNc1c(Cl)cc(F)cc1Br. The van der Waals surface area contributed by atoms with E-state index in [9.17, 15) is 4.39 Å². The normalized spacial score (nSPS) is 11.6. The molecule has 0 aliphatic heterocycles. The zero-order valence-corrected chi connectivity index (χ0v) is 11.5. The molecule has 90 valence electrons. The van der Waals surface area contributed by atoms with Crippen LogP contribution in [0.15, 0.2) is 16.6 Å². The Hall–Kier alpha value is -0.320. The summed E-state index contributed by atoms with van der Waals surface area (Å²) in [6, 6.07) is 2.60. The molecule has 0 aliphatic carbocycles. The number of aliphatic hydroxyl groups excluding tert-OH is 1. The van der Waals surface area contributed by atoms with Gasteiger partial charge in [0.2, 0.25) is 0 Å². The summed E-state index contributed by atoms with van der Waals surface area (Å²) < 4.78 is 13.5. The van der Waals surface area contributed by atoms with E-state index < -0.39 is 0 Å². The van der Waals surface area contributed by atoms with Crippen molar-refractivity contribution < 1.29 is 9.50 Å². The van der Waals surface area contributed by atoms with Crippen LogP contribution in [0.4, 0.5) is 10.1 Å². The minimum Gasteiger partial charge on any atom is -0.396 e. The van der Waals surface area contributed by atoms with E-state index in [-0.39, 0.29) is 17.8 Å². The molecule has 1 aromatic rings. The van der Waals surface area contributed by atoms with Crippen molar-refractivity contribution in [1.29, 1.82) is 0 Å². The lowest BCUT2D eigenvalue weighted by molar-refractivity contribution is 0.171. The fraction of sp³-hybridized carbons (Fsp3) is 0.455. The highest BCUT2D eigenvalue weighted by Crippen LogP contribution is 2.32. The summed E-state index contributed by atoms with van der Waals surface area (Å²) in [4.78, 5) is 0. The lowest BCUT2D eigenvalue weighted by Gasteiger charge is -2.23. The van der Waals surface area contributed by atoms with Crippen molar-refractivity contribution in [3.8, 4) is 0 Å². The van der Waals surface area contributed by atoms with E-state index >= 15 is 0 Å². The summed E-state index contributed by atoms with van der Waals surface area (Å²) in [7, 11) is 0. The van der Waals surface area contributed by atoms with E-state index in [4.69, 9.17) is 16.7 Å². The van der Waals surface area contributed by atoms with Gasteiger partial charge in [0.1, 0.15) is 5.82 Å². The lowest BCUT2D eigenvalue weighted by Crippen LogP contribution is -2.27. The van der Waals surface area contributed by atoms with E-state index in [1.54, 1.807) is 0 Å². The molecule has 0 aromatic heterocycles. The van der Waals surface area contributed by atoms with Gasteiger partial charge in [-0.1, -0.05) is 25.4 Å². The van der Waals surface area contributed by atoms with Crippen molar-refractivity contribution in [2.75, 3.05) is 18.5 Å². The molecule has 1 rings (SSSR count). The molecule has 0 heterocycles. The van der Waals surface area contributed by atoms with Crippen LogP contribution in [0.25, 0.3) is 0 Å². The second-order valence-corrected chi connectivity index (χ2v) is 5.68. The van der Waals surface area contributed by atoms with Crippen molar-refractivity contribution in [2.24, 2.45) is 5.41 Å². The molecule has 0 fully saturated rings. The first kappa shape index (κ1) is 13.7. The monoisotopic (exact) mass is 309 g/mol. The Morgan fingerprint density at radius 1 is 1.50 bits per heavy atom. The molecular formula is C11H14BrClFNO. The lowest BCUT2D eigenvalue weighted by atomic mass is 9.95. The minimum atomic E-state index is -0.385. The Morgan fingerprint density at radius 3 is 2.62 bits per heavy atom. The summed E-state index contributed by atoms with van der Waals surface area (Å²) >= 11 is 9.15. The van der Waals surface area contributed by atoms with E-state index in [0.717, 1.165) is 0 Å². The average Bonchev–Trinajstić information content (AvgIpc) is 2.16. The maximum Gasteiger partial charge on any atom is 0.125 e. The van der Waals surface area contributed by atoms with Gasteiger partial charge in [-0.15, -0.1) is 0 Å². The molecule has 0 saturated carbocycles. The van der Waals surface area contributed by atoms with Crippen LogP contribution in [-0.4, -0.2) is 18.3 Å². The van der Waals surface area contributed by atoms with Gasteiger partial charge in [-0.3, -0.25) is 0 Å². The van der Waals surface area contributed by atoms with Crippen LogP contribution >= 0.6 is 27.5 Å². The van der Waals surface area contributed by atoms with Gasteiger partial charge >= 0.3 is 0 Å². The molecule has 16 heavy (non-hydrogen) atoms. The second kappa shape index (κ2) is 5.34. The van der Waals surface area contributed by atoms with Crippen LogP contribution in [0.2, 0.25) is 5.02 Å². The van der Waals surface area contributed by atoms with Gasteiger partial charge in [-0.05, 0) is 28.1 Å². The fourth-order valence-corrected chi connectivity index (χ4v) is 2.05. The molecule has 2 nitrogen and oxygen atoms in total. The van der Waals surface area contributed by atoms with Gasteiger partial charge < -0.3 is 10.4 Å². The second-order valence-electron chi connectivity index (χ2n) is 4.42. The maximum absolute atomic E-state index is 13.0. The van der Waals surface area contributed by atoms with E-state index in [1.165, 1.54) is 12.1 Å². The first-order valence-electron chi connectivity index (χ1n) is 4.85. The summed E-state index contributed by atoms with van der Waals surface area (Å²) in [5, 5.41) is 12.5. The van der Waals surface area contributed by atoms with Gasteiger partial charge in [0.05, 0.1) is 10.7 Å². The van der Waals surface area contributed by atoms with Gasteiger partial charge in [0.15, 0.2) is 0 Å². The number of rotatable bonds is 4. The van der Waals surface area contributed by atoms with Gasteiger partial charge in [-0.25, -0.2) is 4.39 Å². The molecule has 0 radical (unpaired) electrons. The van der Waals surface area contributed by atoms with Crippen molar-refractivity contribution in [3.63, 3.8) is 0 Å². The average molecular weight is 311 g/mol. The molecule has 1 aromatic carbocycles. The number of halogens is 3. The predicted octanol–water partition coefficient (Wildman–Crippen LogP) is 3.67. The van der Waals surface area contributed by atoms with Crippen LogP contribution in [0.5, 0.6) is 0 Å². The molecule has 0 spiro atoms. The predicted molar refractivity (Wildman–Crippen MR) is 68.5 cm³/mol. The number of nitrogens with one attached hydrogen (secondary N) is 1. The fourth-order valence-electron chi connectivity index (χ4n) is 1.09. The summed E-state index contributed by atoms with van der Waals surface area (Å²) in [6.07, 6.45) is 0. The smallest absolute Gasteiger partial charge is 0.125 e. The number of benzene rings is 1. The highest BCUT2D eigenvalue weighted by Gasteiger charge is 2.17. The Kier molecular flexibility index (Phi) is 4.59. The Bertz CT molecular complexity index is 361. The molecule has 0 aliphatic rings. The quantitative estimate of drug-likeness (QED) is 0.889. The number of anilines is 1. The van der Waals surface area contributed by atoms with E-state index in [2.05, 4.69) is 21.2 Å². The van der Waals surface area contributed by atoms with E-state index in [1.807, 2.05) is 13.8 Å². The van der Waals surface area contributed by atoms with Crippen LogP contribution in [0, 0.1) is 11.2 Å². The first-order valence-corrected chi connectivity index (χ1v) is 6.02. The Balaban J connectivity index is 2.82. The third-order valence-corrected chi connectivity index (χ3v) is 3.10. The highest BCUT2D eigenvalue weighted by molar-refractivity contribution is 9.10. The Morgan fingerprint density at radius 2 is 2.12 bits per heavy atom. The zero-order valence-electron chi connectivity index (χ0n) is 9.15. The van der Waals surface area contributed by atoms with Crippen LogP contribution in [0.3, 0.4) is 0 Å². The molecular weight excluding hydrogens is 296 g/mol. The third kappa shape index (κ3) is 3.61. The molecule has 0 unspecified atom stereocenters. The van der Waals surface area contributed by atoms with E-state index in [0.29, 0.717) is 21.7 Å². The topological polar surface area (TPSA) is 32.3 Å². The van der Waals surface area contributed by atoms with Gasteiger partial charge in [0.25, 0.3) is 0 Å². The first-order chi connectivity index (χ1) is 7.35. The maximum atomic E-state index is 13.0. The largest absolute Gasteiger partial charge is 0.396 e. The van der Waals surface area contributed by atoms with Crippen LogP contribution in [-0.2, 0) is 0 Å². The number of hydrogen-bond donors (Lipinski definition) is 2. The van der Waals surface area contributed by atoms with Crippen molar-refractivity contribution in [1.82, 2.24) is 0 Å². The van der Waals surface area contributed by atoms with Crippen molar-refractivity contribution >= 4 is 33.2 Å². The van der Waals surface area contributed by atoms with Crippen molar-refractivity contribution in [3.05, 3.63) is 27.4 Å². The number of aliphatic hydroxyl groups is 1. The number of hydrogen-bond acceptors (Lipinski definition) is 2. The summed E-state index contributed by atoms with van der Waals surface area (Å²) in [5.74, 6) is -0.385. The molecule has 0 bridgehead atoms. The Labute approximate surface area is 108 Å². The summed E-state index contributed by atoms with van der Waals surface area (Å²) in [6.45, 7) is 4.46. The van der Waals surface area contributed by atoms with Crippen LogP contribution < -0.4 is 5.32 Å². The standard InChI is InChI=1S/C11H14BrClFNO/c1-11(2,6-16)5-15-10-8(12)3-7(14)4-9(10)13/h3-4,15-16H,5-6H2,1-2H3. The minimum absolute atomic E-state index is 0.0659. The van der Waals surface area contributed by atoms with Gasteiger partial charge in [0, 0.05) is 23.0 Å². The molecule has 0 atom stereocenters. The van der Waals surface area contributed by atoms with Crippen LogP contribution in [0.1, 0.15) is 13.8 Å².